The van der Waals surface area contributed by atoms with Crippen molar-refractivity contribution in [1.82, 2.24) is 0 Å². The molecule has 54 valence electrons. The summed E-state index contributed by atoms with van der Waals surface area (Å²) in [5.74, 6) is 0. The van der Waals surface area contributed by atoms with E-state index in [1.807, 2.05) is 0 Å². The van der Waals surface area contributed by atoms with Crippen LogP contribution in [0.4, 0.5) is 4.39 Å². The Morgan fingerprint density at radius 2 is 2.44 bits per heavy atom. The van der Waals surface area contributed by atoms with E-state index >= 15 is 0 Å². The van der Waals surface area contributed by atoms with E-state index in [-0.39, 0.29) is 6.10 Å². The minimum absolute atomic E-state index is 0.0880. The van der Waals surface area contributed by atoms with Crippen molar-refractivity contribution in [2.24, 2.45) is 0 Å². The van der Waals surface area contributed by atoms with Crippen LogP contribution in [0.3, 0.4) is 0 Å². The van der Waals surface area contributed by atoms with Crippen LogP contribution in [0.5, 0.6) is 0 Å². The molecular weight excluding hydrogens is 119 g/mol. The predicted molar refractivity (Wildman–Crippen MR) is 34.2 cm³/mol. The Bertz CT molecular complexity index is 85.0. The molecule has 1 saturated heterocycles. The molecule has 2 atom stereocenters. The molecule has 1 heterocycles. The third kappa shape index (κ3) is 1.65. The highest BCUT2D eigenvalue weighted by atomic mass is 19.1. The minimum Gasteiger partial charge on any atom is -0.375 e. The average Bonchev–Trinajstić information content (AvgIpc) is 2.18. The topological polar surface area (TPSA) is 9.23 Å². The van der Waals surface area contributed by atoms with Gasteiger partial charge in [-0.25, -0.2) is 4.39 Å². The summed E-state index contributed by atoms with van der Waals surface area (Å²) in [6.45, 7) is 2.67. The van der Waals surface area contributed by atoms with E-state index in [1.165, 1.54) is 0 Å². The summed E-state index contributed by atoms with van der Waals surface area (Å²) >= 11 is 0. The Hall–Kier alpha value is -0.110. The number of ether oxygens (including phenoxy) is 1. The third-order valence-electron chi connectivity index (χ3n) is 1.70. The maximum Gasteiger partial charge on any atom is 0.128 e. The summed E-state index contributed by atoms with van der Waals surface area (Å²) in [6, 6.07) is 0. The van der Waals surface area contributed by atoms with Gasteiger partial charge in [-0.05, 0) is 6.42 Å². The second-order valence-corrected chi connectivity index (χ2v) is 2.50. The van der Waals surface area contributed by atoms with Crippen LogP contribution in [-0.4, -0.2) is 18.9 Å². The summed E-state index contributed by atoms with van der Waals surface area (Å²) in [5.41, 5.74) is 0. The molecule has 1 aliphatic rings. The van der Waals surface area contributed by atoms with Gasteiger partial charge in [-0.15, -0.1) is 0 Å². The summed E-state index contributed by atoms with van der Waals surface area (Å²) < 4.78 is 17.8. The fourth-order valence-electron chi connectivity index (χ4n) is 1.17. The Kier molecular flexibility index (Phi) is 2.46. The van der Waals surface area contributed by atoms with Crippen LogP contribution in [-0.2, 0) is 4.74 Å². The number of hydrogen-bond donors (Lipinski definition) is 0. The zero-order valence-corrected chi connectivity index (χ0v) is 5.77. The van der Waals surface area contributed by atoms with Gasteiger partial charge in [0, 0.05) is 13.0 Å². The Balaban J connectivity index is 2.22. The first-order valence-electron chi connectivity index (χ1n) is 3.60. The maximum absolute atomic E-state index is 12.7. The molecule has 2 unspecified atom stereocenters. The Morgan fingerprint density at radius 3 is 2.89 bits per heavy atom. The minimum atomic E-state index is -0.690. The number of halogens is 1. The highest BCUT2D eigenvalue weighted by Gasteiger charge is 2.26. The normalized spacial score (nSPS) is 35.3. The molecule has 1 fully saturated rings. The van der Waals surface area contributed by atoms with Gasteiger partial charge in [-0.1, -0.05) is 13.3 Å². The van der Waals surface area contributed by atoms with Gasteiger partial charge in [0.2, 0.25) is 0 Å². The smallest absolute Gasteiger partial charge is 0.128 e. The van der Waals surface area contributed by atoms with Gasteiger partial charge >= 0.3 is 0 Å². The molecule has 0 aromatic heterocycles. The molecule has 0 aromatic carbocycles. The zero-order valence-electron chi connectivity index (χ0n) is 5.77. The van der Waals surface area contributed by atoms with Crippen molar-refractivity contribution in [3.8, 4) is 0 Å². The quantitative estimate of drug-likeness (QED) is 0.557. The summed E-state index contributed by atoms with van der Waals surface area (Å²) in [7, 11) is 0. The monoisotopic (exact) mass is 132 g/mol. The van der Waals surface area contributed by atoms with Gasteiger partial charge < -0.3 is 4.74 Å². The number of alkyl halides is 1. The lowest BCUT2D eigenvalue weighted by Crippen LogP contribution is -2.15. The maximum atomic E-state index is 12.7. The van der Waals surface area contributed by atoms with Crippen LogP contribution in [0, 0.1) is 0 Å². The molecule has 2 heteroatoms. The lowest BCUT2D eigenvalue weighted by molar-refractivity contribution is 0.0705. The molecule has 0 aromatic rings. The van der Waals surface area contributed by atoms with E-state index in [2.05, 4.69) is 6.92 Å². The predicted octanol–water partition coefficient (Wildman–Crippen LogP) is 1.91. The zero-order chi connectivity index (χ0) is 6.69. The molecule has 0 amide bonds. The molecule has 0 N–H and O–H groups in total. The van der Waals surface area contributed by atoms with Gasteiger partial charge in [0.05, 0.1) is 6.10 Å². The van der Waals surface area contributed by atoms with Crippen LogP contribution in [0.15, 0.2) is 0 Å². The van der Waals surface area contributed by atoms with Gasteiger partial charge in [0.25, 0.3) is 0 Å². The summed E-state index contributed by atoms with van der Waals surface area (Å²) in [5, 5.41) is 0. The van der Waals surface area contributed by atoms with Crippen LogP contribution in [0.25, 0.3) is 0 Å². The van der Waals surface area contributed by atoms with E-state index < -0.39 is 6.17 Å². The van der Waals surface area contributed by atoms with Crippen LogP contribution < -0.4 is 0 Å². The molecule has 1 rings (SSSR count). The molecule has 0 aliphatic carbocycles. The Labute approximate surface area is 55.2 Å². The lowest BCUT2D eigenvalue weighted by atomic mass is 10.1. The number of hydrogen-bond acceptors (Lipinski definition) is 1. The largest absolute Gasteiger partial charge is 0.375 e. The molecule has 9 heavy (non-hydrogen) atoms. The van der Waals surface area contributed by atoms with E-state index in [1.54, 1.807) is 0 Å². The first-order chi connectivity index (χ1) is 4.34. The van der Waals surface area contributed by atoms with Crippen molar-refractivity contribution in [3.63, 3.8) is 0 Å². The van der Waals surface area contributed by atoms with Crippen molar-refractivity contribution in [3.05, 3.63) is 0 Å². The second kappa shape index (κ2) is 3.16. The Morgan fingerprint density at radius 1 is 1.67 bits per heavy atom. The third-order valence-corrected chi connectivity index (χ3v) is 1.70. The fourth-order valence-corrected chi connectivity index (χ4v) is 1.17. The van der Waals surface area contributed by atoms with Crippen molar-refractivity contribution < 1.29 is 9.13 Å². The first kappa shape index (κ1) is 7.00. The molecule has 0 spiro atoms. The van der Waals surface area contributed by atoms with E-state index in [0.717, 1.165) is 12.8 Å². The summed E-state index contributed by atoms with van der Waals surface area (Å²) in [6.07, 6.45) is 1.72. The molecule has 1 aliphatic heterocycles. The number of rotatable bonds is 2. The van der Waals surface area contributed by atoms with Crippen molar-refractivity contribution in [2.75, 3.05) is 6.61 Å². The van der Waals surface area contributed by atoms with Crippen molar-refractivity contribution in [1.29, 1.82) is 0 Å². The van der Waals surface area contributed by atoms with E-state index in [9.17, 15) is 4.39 Å². The molecule has 1 nitrogen and oxygen atoms in total. The van der Waals surface area contributed by atoms with Gasteiger partial charge in [-0.2, -0.15) is 0 Å². The molecule has 0 saturated carbocycles. The van der Waals surface area contributed by atoms with Gasteiger partial charge in [-0.3, -0.25) is 0 Å². The molecule has 0 radical (unpaired) electrons. The first-order valence-corrected chi connectivity index (χ1v) is 3.60. The van der Waals surface area contributed by atoms with E-state index in [0.29, 0.717) is 13.0 Å². The van der Waals surface area contributed by atoms with Crippen LogP contribution in [0.2, 0.25) is 0 Å². The van der Waals surface area contributed by atoms with Gasteiger partial charge in [0.1, 0.15) is 6.17 Å². The van der Waals surface area contributed by atoms with Crippen LogP contribution >= 0.6 is 0 Å². The standard InChI is InChI=1S/C7H13FO/c1-2-3-7-6(8)4-5-9-7/h6-7H,2-5H2,1H3. The second-order valence-electron chi connectivity index (χ2n) is 2.50. The highest BCUT2D eigenvalue weighted by molar-refractivity contribution is 4.74. The highest BCUT2D eigenvalue weighted by Crippen LogP contribution is 2.20. The molecular formula is C7H13FO. The SMILES string of the molecule is CCCC1OCCC1F. The summed E-state index contributed by atoms with van der Waals surface area (Å²) in [4.78, 5) is 0. The van der Waals surface area contributed by atoms with Crippen molar-refractivity contribution >= 4 is 0 Å². The average molecular weight is 132 g/mol. The molecule has 0 bridgehead atoms. The van der Waals surface area contributed by atoms with E-state index in [4.69, 9.17) is 4.74 Å². The van der Waals surface area contributed by atoms with Crippen molar-refractivity contribution in [2.45, 2.75) is 38.5 Å². The van der Waals surface area contributed by atoms with Crippen LogP contribution in [0.1, 0.15) is 26.2 Å². The lowest BCUT2D eigenvalue weighted by Gasteiger charge is -2.08. The fraction of sp³-hybridized carbons (Fsp3) is 1.00. The van der Waals surface area contributed by atoms with Gasteiger partial charge in [0.15, 0.2) is 0 Å².